The zero-order valence-corrected chi connectivity index (χ0v) is 15.4. The van der Waals surface area contributed by atoms with Gasteiger partial charge in [0.15, 0.2) is 4.83 Å². The van der Waals surface area contributed by atoms with Gasteiger partial charge >= 0.3 is 0 Å². The Labute approximate surface area is 154 Å². The number of amides is 1. The van der Waals surface area contributed by atoms with Crippen molar-refractivity contribution in [2.75, 3.05) is 0 Å². The Morgan fingerprint density at radius 1 is 1.35 bits per heavy atom. The number of benzene rings is 1. The van der Waals surface area contributed by atoms with Crippen molar-refractivity contribution >= 4 is 27.5 Å². The van der Waals surface area contributed by atoms with E-state index in [1.165, 1.54) is 9.56 Å². The van der Waals surface area contributed by atoms with Gasteiger partial charge in [0.1, 0.15) is 6.54 Å². The van der Waals surface area contributed by atoms with E-state index in [0.29, 0.717) is 22.7 Å². The Bertz CT molecular complexity index is 1010. The molecular formula is C19H20N4O2S. The van der Waals surface area contributed by atoms with Crippen LogP contribution >= 0.6 is 11.3 Å². The Balaban J connectivity index is 1.54. The molecule has 1 unspecified atom stereocenters. The predicted molar refractivity (Wildman–Crippen MR) is 101 cm³/mol. The standard InChI is InChI=1S/C19H20N4O2S/c1-12-7-8-14-15(9-12)26-18-17(14)19(25)23(22-21-18)11-16(24)20-10-13-5-3-2-4-6-13/h2-6,12H,7-11H2,1H3,(H,20,24). The van der Waals surface area contributed by atoms with E-state index < -0.39 is 0 Å². The van der Waals surface area contributed by atoms with Gasteiger partial charge in [-0.2, -0.15) is 0 Å². The van der Waals surface area contributed by atoms with Crippen LogP contribution in [0.15, 0.2) is 35.1 Å². The number of thiophene rings is 1. The number of nitrogens with zero attached hydrogens (tertiary/aromatic N) is 3. The van der Waals surface area contributed by atoms with Gasteiger partial charge in [0.25, 0.3) is 5.56 Å². The minimum Gasteiger partial charge on any atom is -0.350 e. The van der Waals surface area contributed by atoms with Crippen LogP contribution in [-0.4, -0.2) is 20.9 Å². The third kappa shape index (κ3) is 3.26. The van der Waals surface area contributed by atoms with Crippen molar-refractivity contribution < 1.29 is 4.79 Å². The zero-order chi connectivity index (χ0) is 18.1. The first-order valence-corrected chi connectivity index (χ1v) is 9.62. The van der Waals surface area contributed by atoms with Crippen molar-refractivity contribution in [3.05, 3.63) is 56.7 Å². The molecule has 0 saturated heterocycles. The lowest BCUT2D eigenvalue weighted by molar-refractivity contribution is -0.122. The molecule has 0 saturated carbocycles. The highest BCUT2D eigenvalue weighted by molar-refractivity contribution is 7.18. The molecule has 1 N–H and O–H groups in total. The molecule has 0 radical (unpaired) electrons. The predicted octanol–water partition coefficient (Wildman–Crippen LogP) is 2.29. The van der Waals surface area contributed by atoms with Gasteiger partial charge in [-0.25, -0.2) is 4.68 Å². The summed E-state index contributed by atoms with van der Waals surface area (Å²) in [6.07, 6.45) is 2.98. The van der Waals surface area contributed by atoms with Gasteiger partial charge < -0.3 is 5.32 Å². The second-order valence-electron chi connectivity index (χ2n) is 6.85. The van der Waals surface area contributed by atoms with Gasteiger partial charge in [0.05, 0.1) is 5.39 Å². The van der Waals surface area contributed by atoms with Crippen molar-refractivity contribution in [1.82, 2.24) is 20.3 Å². The molecule has 0 aliphatic heterocycles. The van der Waals surface area contributed by atoms with Crippen LogP contribution in [0.4, 0.5) is 0 Å². The number of aromatic nitrogens is 3. The van der Waals surface area contributed by atoms with E-state index in [1.54, 1.807) is 11.3 Å². The van der Waals surface area contributed by atoms with E-state index >= 15 is 0 Å². The summed E-state index contributed by atoms with van der Waals surface area (Å²) in [5, 5.41) is 11.6. The first-order chi connectivity index (χ1) is 12.6. The molecule has 0 fully saturated rings. The first-order valence-electron chi connectivity index (χ1n) is 8.80. The number of nitrogens with one attached hydrogen (secondary N) is 1. The van der Waals surface area contributed by atoms with Crippen LogP contribution in [0.2, 0.25) is 0 Å². The molecule has 1 aromatic carbocycles. The van der Waals surface area contributed by atoms with Crippen molar-refractivity contribution in [3.63, 3.8) is 0 Å². The maximum absolute atomic E-state index is 12.8. The van der Waals surface area contributed by atoms with Gasteiger partial charge in [0, 0.05) is 11.4 Å². The lowest BCUT2D eigenvalue weighted by Gasteiger charge is -2.17. The molecule has 7 heteroatoms. The Morgan fingerprint density at radius 2 is 2.15 bits per heavy atom. The van der Waals surface area contributed by atoms with Crippen molar-refractivity contribution in [2.24, 2.45) is 5.92 Å². The fraction of sp³-hybridized carbons (Fsp3) is 0.368. The zero-order valence-electron chi connectivity index (χ0n) is 14.6. The molecule has 26 heavy (non-hydrogen) atoms. The van der Waals surface area contributed by atoms with Crippen LogP contribution in [0, 0.1) is 5.92 Å². The average molecular weight is 368 g/mol. The summed E-state index contributed by atoms with van der Waals surface area (Å²) < 4.78 is 1.17. The SMILES string of the molecule is CC1CCc2c(sc3nnn(CC(=O)NCc4ccccc4)c(=O)c23)C1. The normalized spacial score (nSPS) is 16.4. The van der Waals surface area contributed by atoms with Crippen molar-refractivity contribution in [2.45, 2.75) is 39.3 Å². The molecule has 3 aromatic rings. The van der Waals surface area contributed by atoms with Crippen molar-refractivity contribution in [1.29, 1.82) is 0 Å². The highest BCUT2D eigenvalue weighted by Crippen LogP contribution is 2.35. The number of hydrogen-bond donors (Lipinski definition) is 1. The molecule has 1 aliphatic carbocycles. The lowest BCUT2D eigenvalue weighted by Crippen LogP contribution is -2.34. The average Bonchev–Trinajstić information content (AvgIpc) is 3.01. The largest absolute Gasteiger partial charge is 0.350 e. The van der Waals surface area contributed by atoms with Crippen LogP contribution in [0.5, 0.6) is 0 Å². The van der Waals surface area contributed by atoms with E-state index in [4.69, 9.17) is 0 Å². The fourth-order valence-electron chi connectivity index (χ4n) is 3.38. The highest BCUT2D eigenvalue weighted by Gasteiger charge is 2.24. The van der Waals surface area contributed by atoms with Crippen molar-refractivity contribution in [3.8, 4) is 0 Å². The van der Waals surface area contributed by atoms with E-state index in [0.717, 1.165) is 30.4 Å². The molecule has 0 bridgehead atoms. The monoisotopic (exact) mass is 368 g/mol. The number of rotatable bonds is 4. The number of aryl methyl sites for hydroxylation is 1. The Morgan fingerprint density at radius 3 is 2.96 bits per heavy atom. The lowest BCUT2D eigenvalue weighted by atomic mass is 9.89. The van der Waals surface area contributed by atoms with E-state index in [9.17, 15) is 9.59 Å². The summed E-state index contributed by atoms with van der Waals surface area (Å²) in [6, 6.07) is 9.66. The van der Waals surface area contributed by atoms with Gasteiger partial charge in [0.2, 0.25) is 5.91 Å². The third-order valence-electron chi connectivity index (χ3n) is 4.81. The molecule has 134 valence electrons. The van der Waals surface area contributed by atoms with E-state index in [-0.39, 0.29) is 18.0 Å². The second-order valence-corrected chi connectivity index (χ2v) is 7.93. The van der Waals surface area contributed by atoms with Crippen LogP contribution in [0.25, 0.3) is 10.2 Å². The Kier molecular flexibility index (Phi) is 4.55. The van der Waals surface area contributed by atoms with Crippen LogP contribution < -0.4 is 10.9 Å². The smallest absolute Gasteiger partial charge is 0.279 e. The minimum atomic E-state index is -0.248. The summed E-state index contributed by atoms with van der Waals surface area (Å²) in [5.74, 6) is 0.386. The highest BCUT2D eigenvalue weighted by atomic mass is 32.1. The number of carbonyl (C=O) groups is 1. The summed E-state index contributed by atoms with van der Waals surface area (Å²) in [5.41, 5.74) is 1.91. The molecule has 6 nitrogen and oxygen atoms in total. The number of fused-ring (bicyclic) bond motifs is 3. The van der Waals surface area contributed by atoms with Gasteiger partial charge in [-0.3, -0.25) is 9.59 Å². The maximum atomic E-state index is 12.8. The molecule has 1 atom stereocenters. The van der Waals surface area contributed by atoms with E-state index in [1.807, 2.05) is 30.3 Å². The number of hydrogen-bond acceptors (Lipinski definition) is 5. The molecule has 2 aromatic heterocycles. The summed E-state index contributed by atoms with van der Waals surface area (Å²) in [4.78, 5) is 27.0. The van der Waals surface area contributed by atoms with Crippen LogP contribution in [0.3, 0.4) is 0 Å². The summed E-state index contributed by atoms with van der Waals surface area (Å²) in [7, 11) is 0. The molecular weight excluding hydrogens is 348 g/mol. The van der Waals surface area contributed by atoms with Gasteiger partial charge in [-0.05, 0) is 36.3 Å². The topological polar surface area (TPSA) is 76.9 Å². The third-order valence-corrected chi connectivity index (χ3v) is 5.95. The molecule has 1 amide bonds. The van der Waals surface area contributed by atoms with Gasteiger partial charge in [-0.15, -0.1) is 16.4 Å². The van der Waals surface area contributed by atoms with E-state index in [2.05, 4.69) is 22.6 Å². The fourth-order valence-corrected chi connectivity index (χ4v) is 4.70. The van der Waals surface area contributed by atoms with Crippen LogP contribution in [0.1, 0.15) is 29.3 Å². The molecule has 1 aliphatic rings. The quantitative estimate of drug-likeness (QED) is 0.767. The maximum Gasteiger partial charge on any atom is 0.279 e. The first kappa shape index (κ1) is 16.9. The molecule has 4 rings (SSSR count). The Hall–Kier alpha value is -2.54. The molecule has 0 spiro atoms. The summed E-state index contributed by atoms with van der Waals surface area (Å²) >= 11 is 1.57. The molecule has 2 heterocycles. The minimum absolute atomic E-state index is 0.115. The second kappa shape index (κ2) is 6.99. The summed E-state index contributed by atoms with van der Waals surface area (Å²) in [6.45, 7) is 2.54. The number of carbonyl (C=O) groups excluding carboxylic acids is 1. The van der Waals surface area contributed by atoms with Gasteiger partial charge in [-0.1, -0.05) is 42.5 Å². The van der Waals surface area contributed by atoms with Crippen LogP contribution in [-0.2, 0) is 30.7 Å².